The molecule has 0 N–H and O–H groups in total. The average molecular weight is 225 g/mol. The van der Waals surface area contributed by atoms with E-state index in [2.05, 4.69) is 10.8 Å². The van der Waals surface area contributed by atoms with Crippen LogP contribution in [-0.2, 0) is 14.3 Å². The van der Waals surface area contributed by atoms with Gasteiger partial charge in [0, 0.05) is 0 Å². The fourth-order valence-electron chi connectivity index (χ4n) is 0.823. The standard InChI is InChI=1S/C9H10O3S.Mg.2H/c1-8(2)12-13(10,11)9-6-4-3-5-7-9;;;/h3-7H,1H2,2H3;;;. The molecule has 0 amide bonds. The minimum Gasteiger partial charge on any atom is -0.384 e. The van der Waals surface area contributed by atoms with Gasteiger partial charge in [0.1, 0.15) is 10.7 Å². The molecule has 0 heterocycles. The molecule has 3 nitrogen and oxygen atoms in total. The van der Waals surface area contributed by atoms with Gasteiger partial charge in [-0.3, -0.25) is 0 Å². The molecule has 0 aliphatic heterocycles. The van der Waals surface area contributed by atoms with Crippen molar-refractivity contribution in [3.05, 3.63) is 42.7 Å². The van der Waals surface area contributed by atoms with Gasteiger partial charge in [-0.15, -0.1) is 0 Å². The van der Waals surface area contributed by atoms with E-state index < -0.39 is 10.1 Å². The van der Waals surface area contributed by atoms with Gasteiger partial charge in [0.05, 0.1) is 0 Å². The summed E-state index contributed by atoms with van der Waals surface area (Å²) in [6.07, 6.45) is 0. The van der Waals surface area contributed by atoms with Crippen LogP contribution in [0.15, 0.2) is 47.6 Å². The van der Waals surface area contributed by atoms with Crippen LogP contribution < -0.4 is 0 Å². The fraction of sp³-hybridized carbons (Fsp3) is 0.111. The summed E-state index contributed by atoms with van der Waals surface area (Å²) in [5.74, 6) is 0.156. The first-order valence-electron chi connectivity index (χ1n) is 3.67. The smallest absolute Gasteiger partial charge is 0.338 e. The number of hydrogen-bond acceptors (Lipinski definition) is 3. The average Bonchev–Trinajstić information content (AvgIpc) is 2.04. The SMILES string of the molecule is C=C(C)OS(=O)(=O)c1ccccc1.[MgH2]. The summed E-state index contributed by atoms with van der Waals surface area (Å²) in [4.78, 5) is 0.137. The predicted octanol–water partition coefficient (Wildman–Crippen LogP) is 1.01. The molecule has 5 heteroatoms. The van der Waals surface area contributed by atoms with Crippen molar-refractivity contribution in [2.75, 3.05) is 0 Å². The van der Waals surface area contributed by atoms with E-state index in [9.17, 15) is 8.42 Å². The van der Waals surface area contributed by atoms with Gasteiger partial charge >= 0.3 is 33.2 Å². The van der Waals surface area contributed by atoms with Crippen molar-refractivity contribution in [1.82, 2.24) is 0 Å². The van der Waals surface area contributed by atoms with E-state index in [4.69, 9.17) is 0 Å². The number of benzene rings is 1. The minimum atomic E-state index is -3.66. The molecule has 0 aliphatic carbocycles. The Kier molecular flexibility index (Phi) is 5.18. The molecule has 0 saturated carbocycles. The lowest BCUT2D eigenvalue weighted by molar-refractivity contribution is 0.410. The Morgan fingerprint density at radius 2 is 1.79 bits per heavy atom. The van der Waals surface area contributed by atoms with Crippen molar-refractivity contribution in [3.63, 3.8) is 0 Å². The highest BCUT2D eigenvalue weighted by atomic mass is 32.2. The van der Waals surface area contributed by atoms with Gasteiger partial charge in [0.2, 0.25) is 0 Å². The topological polar surface area (TPSA) is 43.4 Å². The van der Waals surface area contributed by atoms with Gasteiger partial charge in [-0.05, 0) is 19.1 Å². The van der Waals surface area contributed by atoms with Crippen molar-refractivity contribution in [2.45, 2.75) is 11.8 Å². The molecule has 0 atom stereocenters. The van der Waals surface area contributed by atoms with E-state index in [0.717, 1.165) is 0 Å². The molecular formula is C9H12MgO3S. The fourth-order valence-corrected chi connectivity index (χ4v) is 1.78. The lowest BCUT2D eigenvalue weighted by Crippen LogP contribution is -2.03. The van der Waals surface area contributed by atoms with E-state index in [0.29, 0.717) is 0 Å². The maximum Gasteiger partial charge on any atom is 0.338 e. The normalized spacial score (nSPS) is 10.1. The lowest BCUT2D eigenvalue weighted by atomic mass is 10.4. The van der Waals surface area contributed by atoms with Crippen molar-refractivity contribution >= 4 is 33.2 Å². The molecule has 0 spiro atoms. The maximum absolute atomic E-state index is 11.4. The third kappa shape index (κ3) is 3.69. The third-order valence-corrected chi connectivity index (χ3v) is 2.64. The van der Waals surface area contributed by atoms with Crippen LogP contribution in [0, 0.1) is 0 Å². The summed E-state index contributed by atoms with van der Waals surface area (Å²) in [7, 11) is -3.66. The zero-order chi connectivity index (χ0) is 9.90. The highest BCUT2D eigenvalue weighted by Crippen LogP contribution is 2.13. The van der Waals surface area contributed by atoms with Gasteiger partial charge in [-0.25, -0.2) is 0 Å². The van der Waals surface area contributed by atoms with E-state index in [1.165, 1.54) is 19.1 Å². The second-order valence-corrected chi connectivity index (χ2v) is 4.10. The summed E-state index contributed by atoms with van der Waals surface area (Å²) >= 11 is 0. The summed E-state index contributed by atoms with van der Waals surface area (Å²) < 4.78 is 27.3. The monoisotopic (exact) mass is 224 g/mol. The van der Waals surface area contributed by atoms with Gasteiger partial charge < -0.3 is 4.18 Å². The van der Waals surface area contributed by atoms with E-state index in [1.807, 2.05) is 0 Å². The molecule has 0 fully saturated rings. The molecular weight excluding hydrogens is 212 g/mol. The minimum absolute atomic E-state index is 0. The van der Waals surface area contributed by atoms with Gasteiger partial charge in [0.15, 0.2) is 0 Å². The molecule has 74 valence electrons. The second kappa shape index (κ2) is 5.38. The number of rotatable bonds is 3. The molecule has 1 rings (SSSR count). The highest BCUT2D eigenvalue weighted by molar-refractivity contribution is 7.86. The molecule has 0 unspecified atom stereocenters. The molecule has 0 saturated heterocycles. The Bertz CT molecular complexity index is 397. The van der Waals surface area contributed by atoms with Crippen LogP contribution in [0.4, 0.5) is 0 Å². The summed E-state index contributed by atoms with van der Waals surface area (Å²) in [5.41, 5.74) is 0. The van der Waals surface area contributed by atoms with Crippen LogP contribution in [-0.4, -0.2) is 31.5 Å². The van der Waals surface area contributed by atoms with E-state index >= 15 is 0 Å². The predicted molar refractivity (Wildman–Crippen MR) is 58.1 cm³/mol. The van der Waals surface area contributed by atoms with E-state index in [1.54, 1.807) is 18.2 Å². The Hall–Kier alpha value is -0.524. The van der Waals surface area contributed by atoms with E-state index in [-0.39, 0.29) is 33.7 Å². The lowest BCUT2D eigenvalue weighted by Gasteiger charge is -2.04. The molecule has 1 aromatic carbocycles. The van der Waals surface area contributed by atoms with Crippen molar-refractivity contribution in [2.24, 2.45) is 0 Å². The quantitative estimate of drug-likeness (QED) is 0.437. The summed E-state index contributed by atoms with van der Waals surface area (Å²) in [6, 6.07) is 7.94. The van der Waals surface area contributed by atoms with Crippen LogP contribution in [0.25, 0.3) is 0 Å². The maximum atomic E-state index is 11.4. The Morgan fingerprint density at radius 3 is 2.21 bits per heavy atom. The molecule has 14 heavy (non-hydrogen) atoms. The molecule has 1 aromatic rings. The largest absolute Gasteiger partial charge is 0.384 e. The number of hydrogen-bond donors (Lipinski definition) is 0. The van der Waals surface area contributed by atoms with Crippen molar-refractivity contribution < 1.29 is 12.6 Å². The molecule has 0 aromatic heterocycles. The Labute approximate surface area is 100 Å². The van der Waals surface area contributed by atoms with Crippen LogP contribution in [0.1, 0.15) is 6.92 Å². The summed E-state index contributed by atoms with van der Waals surface area (Å²) in [6.45, 7) is 4.85. The zero-order valence-corrected chi connectivity index (χ0v) is 8.04. The highest BCUT2D eigenvalue weighted by Gasteiger charge is 2.14. The van der Waals surface area contributed by atoms with Gasteiger partial charge in [0.25, 0.3) is 0 Å². The van der Waals surface area contributed by atoms with Crippen LogP contribution in [0.2, 0.25) is 0 Å². The van der Waals surface area contributed by atoms with Crippen LogP contribution in [0.5, 0.6) is 0 Å². The zero-order valence-electron chi connectivity index (χ0n) is 7.23. The van der Waals surface area contributed by atoms with Crippen LogP contribution >= 0.6 is 0 Å². The molecule has 0 bridgehead atoms. The van der Waals surface area contributed by atoms with Gasteiger partial charge in [-0.1, -0.05) is 24.8 Å². The Balaban J connectivity index is 0.00000169. The van der Waals surface area contributed by atoms with Gasteiger partial charge in [-0.2, -0.15) is 8.42 Å². The molecule has 0 radical (unpaired) electrons. The first-order chi connectivity index (χ1) is 6.02. The first kappa shape index (κ1) is 13.5. The van der Waals surface area contributed by atoms with Crippen LogP contribution in [0.3, 0.4) is 0 Å². The first-order valence-corrected chi connectivity index (χ1v) is 5.08. The number of allylic oxidation sites excluding steroid dienone is 1. The van der Waals surface area contributed by atoms with Crippen molar-refractivity contribution in [3.8, 4) is 0 Å². The van der Waals surface area contributed by atoms with Crippen molar-refractivity contribution in [1.29, 1.82) is 0 Å². The Morgan fingerprint density at radius 1 is 1.29 bits per heavy atom. The molecule has 0 aliphatic rings. The third-order valence-electron chi connectivity index (χ3n) is 1.28. The second-order valence-electron chi connectivity index (χ2n) is 2.55. The summed E-state index contributed by atoms with van der Waals surface area (Å²) in [5, 5.41) is 0.